The topological polar surface area (TPSA) is 104 Å². The molecule has 1 amide bonds. The van der Waals surface area contributed by atoms with Crippen molar-refractivity contribution in [1.29, 1.82) is 0 Å². The molecule has 1 N–H and O–H groups in total. The zero-order valence-corrected chi connectivity index (χ0v) is 8.27. The van der Waals surface area contributed by atoms with Crippen LogP contribution in [0.3, 0.4) is 0 Å². The Morgan fingerprint density at radius 3 is 2.82 bits per heavy atom. The molecule has 1 fully saturated rings. The summed E-state index contributed by atoms with van der Waals surface area (Å²) in [6, 6.07) is -1.36. The third-order valence-corrected chi connectivity index (χ3v) is 1.98. The van der Waals surface area contributed by atoms with E-state index in [2.05, 4.69) is 14.8 Å². The van der Waals surface area contributed by atoms with Crippen LogP contribution in [-0.4, -0.2) is 36.7 Å². The minimum atomic E-state index is -5.05. The highest BCUT2D eigenvalue weighted by atomic mass is 19.4. The first-order valence-electron chi connectivity index (χ1n) is 4.43. The van der Waals surface area contributed by atoms with Gasteiger partial charge in [-0.2, -0.15) is 13.2 Å². The molecule has 1 rings (SSSR count). The number of nitrogens with zero attached hydrogens (tertiary/aromatic N) is 3. The van der Waals surface area contributed by atoms with Crippen LogP contribution in [0.4, 0.5) is 13.2 Å². The number of rotatable bonds is 3. The molecule has 94 valence electrons. The van der Waals surface area contributed by atoms with Gasteiger partial charge in [-0.1, -0.05) is 5.11 Å². The van der Waals surface area contributed by atoms with E-state index in [9.17, 15) is 22.8 Å². The van der Waals surface area contributed by atoms with Gasteiger partial charge in [-0.15, -0.1) is 0 Å². The van der Waals surface area contributed by atoms with Gasteiger partial charge in [-0.25, -0.2) is 4.79 Å². The SMILES string of the molecule is [N-]=[N+]=NC[C@H]1C[C@H](NC(=O)C(F)(F)F)C(=O)O1. The third-order valence-electron chi connectivity index (χ3n) is 1.98. The Bertz CT molecular complexity index is 377. The molecule has 0 unspecified atom stereocenters. The summed E-state index contributed by atoms with van der Waals surface area (Å²) >= 11 is 0. The zero-order chi connectivity index (χ0) is 13.1. The smallest absolute Gasteiger partial charge is 0.461 e. The molecule has 0 saturated carbocycles. The van der Waals surface area contributed by atoms with E-state index in [0.29, 0.717) is 0 Å². The average molecular weight is 252 g/mol. The maximum absolute atomic E-state index is 11.9. The molecule has 1 saturated heterocycles. The first-order valence-corrected chi connectivity index (χ1v) is 4.43. The quantitative estimate of drug-likeness (QED) is 0.345. The maximum Gasteiger partial charge on any atom is 0.471 e. The number of halogens is 3. The molecule has 17 heavy (non-hydrogen) atoms. The molecule has 2 atom stereocenters. The molecule has 10 heteroatoms. The van der Waals surface area contributed by atoms with Crippen molar-refractivity contribution in [2.24, 2.45) is 5.11 Å². The minimum absolute atomic E-state index is 0.153. The molecule has 7 nitrogen and oxygen atoms in total. The highest BCUT2D eigenvalue weighted by Gasteiger charge is 2.43. The summed E-state index contributed by atoms with van der Waals surface area (Å²) in [7, 11) is 0. The number of carbonyl (C=O) groups is 2. The molecule has 0 aromatic carbocycles. The molecule has 0 aromatic rings. The summed E-state index contributed by atoms with van der Waals surface area (Å²) in [5.74, 6) is -3.18. The predicted molar refractivity (Wildman–Crippen MR) is 46.5 cm³/mol. The molecular weight excluding hydrogens is 245 g/mol. The lowest BCUT2D eigenvalue weighted by atomic mass is 10.1. The van der Waals surface area contributed by atoms with Crippen molar-refractivity contribution in [3.8, 4) is 0 Å². The predicted octanol–water partition coefficient (Wildman–Crippen LogP) is 0.659. The fraction of sp³-hybridized carbons (Fsp3) is 0.714. The van der Waals surface area contributed by atoms with Crippen molar-refractivity contribution < 1.29 is 27.5 Å². The second kappa shape index (κ2) is 4.91. The number of esters is 1. The van der Waals surface area contributed by atoms with Crippen LogP contribution in [0, 0.1) is 0 Å². The Labute approximate surface area is 92.5 Å². The number of alkyl halides is 3. The molecular formula is C7H7F3N4O3. The molecule has 1 aliphatic rings. The lowest BCUT2D eigenvalue weighted by Crippen LogP contribution is -2.45. The van der Waals surface area contributed by atoms with Gasteiger partial charge in [-0.05, 0) is 5.53 Å². The van der Waals surface area contributed by atoms with E-state index in [-0.39, 0.29) is 13.0 Å². The molecule has 0 bridgehead atoms. The summed E-state index contributed by atoms with van der Waals surface area (Å²) in [4.78, 5) is 24.0. The van der Waals surface area contributed by atoms with E-state index < -0.39 is 30.2 Å². The molecule has 0 aliphatic carbocycles. The van der Waals surface area contributed by atoms with Gasteiger partial charge in [0.25, 0.3) is 0 Å². The Morgan fingerprint density at radius 1 is 1.65 bits per heavy atom. The van der Waals surface area contributed by atoms with Crippen molar-refractivity contribution in [3.63, 3.8) is 0 Å². The van der Waals surface area contributed by atoms with Crippen LogP contribution in [0.1, 0.15) is 6.42 Å². The molecule has 0 spiro atoms. The van der Waals surface area contributed by atoms with Crippen LogP contribution in [0.2, 0.25) is 0 Å². The van der Waals surface area contributed by atoms with E-state index in [1.807, 2.05) is 0 Å². The first-order chi connectivity index (χ1) is 7.84. The lowest BCUT2D eigenvalue weighted by molar-refractivity contribution is -0.175. The van der Waals surface area contributed by atoms with Crippen molar-refractivity contribution >= 4 is 11.9 Å². The third kappa shape index (κ3) is 3.52. The van der Waals surface area contributed by atoms with Crippen LogP contribution in [0.15, 0.2) is 5.11 Å². The standard InChI is InChI=1S/C7H7F3N4O3/c8-7(9,10)6(16)13-4-1-3(2-12-14-11)17-5(4)15/h3-4H,1-2H2,(H,13,16)/t3-,4+/m1/s1. The van der Waals surface area contributed by atoms with E-state index in [1.54, 1.807) is 0 Å². The van der Waals surface area contributed by atoms with E-state index in [0.717, 1.165) is 0 Å². The van der Waals surface area contributed by atoms with Gasteiger partial charge in [0.2, 0.25) is 0 Å². The molecule has 1 aliphatic heterocycles. The molecule has 0 aromatic heterocycles. The Kier molecular flexibility index (Phi) is 3.79. The van der Waals surface area contributed by atoms with Crippen molar-refractivity contribution in [3.05, 3.63) is 10.4 Å². The lowest BCUT2D eigenvalue weighted by Gasteiger charge is -2.10. The van der Waals surface area contributed by atoms with E-state index >= 15 is 0 Å². The number of hydrogen-bond donors (Lipinski definition) is 1. The highest BCUT2D eigenvalue weighted by Crippen LogP contribution is 2.19. The van der Waals surface area contributed by atoms with Crippen LogP contribution >= 0.6 is 0 Å². The number of carbonyl (C=O) groups excluding carboxylic acids is 2. The number of nitrogens with one attached hydrogen (secondary N) is 1. The maximum atomic E-state index is 11.9. The van der Waals surface area contributed by atoms with Gasteiger partial charge in [0.15, 0.2) is 0 Å². The summed E-state index contributed by atoms with van der Waals surface area (Å²) in [6.07, 6.45) is -6.01. The second-order valence-electron chi connectivity index (χ2n) is 3.23. The van der Waals surface area contributed by atoms with Crippen molar-refractivity contribution in [2.75, 3.05) is 6.54 Å². The summed E-state index contributed by atoms with van der Waals surface area (Å²) in [6.45, 7) is -0.180. The number of hydrogen-bond acceptors (Lipinski definition) is 4. The first kappa shape index (κ1) is 13.1. The molecule has 0 radical (unpaired) electrons. The monoisotopic (exact) mass is 252 g/mol. The Hall–Kier alpha value is -1.96. The van der Waals surface area contributed by atoms with Gasteiger partial charge in [-0.3, -0.25) is 4.79 Å². The van der Waals surface area contributed by atoms with Gasteiger partial charge in [0.1, 0.15) is 12.1 Å². The number of ether oxygens (including phenoxy) is 1. The number of amides is 1. The van der Waals surface area contributed by atoms with Gasteiger partial charge in [0.05, 0.1) is 6.54 Å². The summed E-state index contributed by atoms with van der Waals surface area (Å²) in [5, 5.41) is 4.62. The van der Waals surface area contributed by atoms with E-state index in [4.69, 9.17) is 5.53 Å². The Morgan fingerprint density at radius 2 is 2.29 bits per heavy atom. The van der Waals surface area contributed by atoms with E-state index in [1.165, 1.54) is 5.32 Å². The summed E-state index contributed by atoms with van der Waals surface area (Å²) < 4.78 is 40.3. The second-order valence-corrected chi connectivity index (χ2v) is 3.23. The zero-order valence-electron chi connectivity index (χ0n) is 8.27. The van der Waals surface area contributed by atoms with Crippen LogP contribution in [-0.2, 0) is 14.3 Å². The fourth-order valence-corrected chi connectivity index (χ4v) is 1.25. The van der Waals surface area contributed by atoms with Gasteiger partial charge in [0, 0.05) is 11.3 Å². The normalized spacial score (nSPS) is 23.8. The number of cyclic esters (lactones) is 1. The van der Waals surface area contributed by atoms with Crippen LogP contribution < -0.4 is 5.32 Å². The van der Waals surface area contributed by atoms with Gasteiger partial charge >= 0.3 is 18.1 Å². The van der Waals surface area contributed by atoms with Crippen LogP contribution in [0.25, 0.3) is 10.4 Å². The Balaban J connectivity index is 2.54. The number of azide groups is 1. The fourth-order valence-electron chi connectivity index (χ4n) is 1.25. The minimum Gasteiger partial charge on any atom is -0.461 e. The van der Waals surface area contributed by atoms with Crippen molar-refractivity contribution in [1.82, 2.24) is 5.32 Å². The largest absolute Gasteiger partial charge is 0.471 e. The highest BCUT2D eigenvalue weighted by molar-refractivity contribution is 5.88. The van der Waals surface area contributed by atoms with Crippen molar-refractivity contribution in [2.45, 2.75) is 24.7 Å². The molecule has 1 heterocycles. The van der Waals surface area contributed by atoms with Gasteiger partial charge < -0.3 is 10.1 Å². The van der Waals surface area contributed by atoms with Crippen LogP contribution in [0.5, 0.6) is 0 Å². The average Bonchev–Trinajstić information content (AvgIpc) is 2.55. The summed E-state index contributed by atoms with van der Waals surface area (Å²) in [5.41, 5.74) is 8.01.